The minimum atomic E-state index is -3.86. The Labute approximate surface area is 157 Å². The molecule has 0 aromatic heterocycles. The Morgan fingerprint density at radius 3 is 2.48 bits per heavy atom. The zero-order valence-electron chi connectivity index (χ0n) is 14.9. The van der Waals surface area contributed by atoms with Crippen LogP contribution < -0.4 is 0 Å². The number of carbonyl (C=O) groups is 2. The number of aliphatic carboxylic acids is 1. The summed E-state index contributed by atoms with van der Waals surface area (Å²) in [6.45, 7) is 2.78. The van der Waals surface area contributed by atoms with Crippen LogP contribution in [-0.4, -0.2) is 86.2 Å². The summed E-state index contributed by atoms with van der Waals surface area (Å²) in [5.41, 5.74) is 0.0298. The first-order valence-electron chi connectivity index (χ1n) is 8.65. The van der Waals surface area contributed by atoms with Crippen LogP contribution in [0.4, 0.5) is 0 Å². The van der Waals surface area contributed by atoms with Crippen molar-refractivity contribution >= 4 is 21.9 Å². The zero-order valence-corrected chi connectivity index (χ0v) is 15.7. The van der Waals surface area contributed by atoms with E-state index in [1.165, 1.54) is 21.3 Å². The van der Waals surface area contributed by atoms with Crippen LogP contribution in [0.2, 0.25) is 0 Å². The van der Waals surface area contributed by atoms with E-state index in [-0.39, 0.29) is 36.6 Å². The van der Waals surface area contributed by atoms with Gasteiger partial charge in [-0.05, 0) is 19.1 Å². The second-order valence-corrected chi connectivity index (χ2v) is 8.40. The molecule has 27 heavy (non-hydrogen) atoms. The Bertz CT molecular complexity index is 820. The Hall–Kier alpha value is -2.01. The fraction of sp³-hybridized carbons (Fsp3) is 0.529. The molecule has 2 fully saturated rings. The number of carboxylic acids is 1. The summed E-state index contributed by atoms with van der Waals surface area (Å²) in [4.78, 5) is 25.5. The third-order valence-corrected chi connectivity index (χ3v) is 6.49. The van der Waals surface area contributed by atoms with Gasteiger partial charge in [0, 0.05) is 19.6 Å². The molecule has 2 aliphatic rings. The molecule has 2 saturated heterocycles. The van der Waals surface area contributed by atoms with E-state index in [9.17, 15) is 23.1 Å². The van der Waals surface area contributed by atoms with Crippen molar-refractivity contribution in [3.63, 3.8) is 0 Å². The highest BCUT2D eigenvalue weighted by molar-refractivity contribution is 7.89. The molecule has 1 amide bonds. The van der Waals surface area contributed by atoms with Crippen LogP contribution in [0.1, 0.15) is 17.3 Å². The molecule has 1 aromatic rings. The second-order valence-electron chi connectivity index (χ2n) is 6.50. The molecule has 0 saturated carbocycles. The van der Waals surface area contributed by atoms with E-state index in [1.807, 2.05) is 0 Å². The van der Waals surface area contributed by atoms with Crippen molar-refractivity contribution in [2.75, 3.05) is 39.4 Å². The van der Waals surface area contributed by atoms with Crippen LogP contribution in [0.5, 0.6) is 0 Å². The topological polar surface area (TPSA) is 113 Å². The van der Waals surface area contributed by atoms with Crippen molar-refractivity contribution in [2.24, 2.45) is 0 Å². The molecule has 2 atom stereocenters. The van der Waals surface area contributed by atoms with Crippen molar-refractivity contribution in [3.05, 3.63) is 29.8 Å². The van der Waals surface area contributed by atoms with E-state index < -0.39 is 34.1 Å². The Morgan fingerprint density at radius 1 is 1.15 bits per heavy atom. The van der Waals surface area contributed by atoms with Crippen molar-refractivity contribution in [3.8, 4) is 0 Å². The van der Waals surface area contributed by atoms with Crippen molar-refractivity contribution in [1.29, 1.82) is 0 Å². The average molecular weight is 398 g/mol. The van der Waals surface area contributed by atoms with Gasteiger partial charge in [-0.25, -0.2) is 13.2 Å². The molecule has 1 aromatic carbocycles. The highest BCUT2D eigenvalue weighted by Crippen LogP contribution is 2.24. The van der Waals surface area contributed by atoms with Gasteiger partial charge in [-0.2, -0.15) is 4.31 Å². The molecule has 2 aliphatic heterocycles. The molecule has 2 heterocycles. The minimum Gasteiger partial charge on any atom is -0.479 e. The number of rotatable bonds is 4. The number of benzene rings is 1. The third-order valence-electron chi connectivity index (χ3n) is 4.53. The molecule has 148 valence electrons. The molecule has 0 radical (unpaired) electrons. The van der Waals surface area contributed by atoms with Crippen LogP contribution >= 0.6 is 0 Å². The lowest BCUT2D eigenvalue weighted by Crippen LogP contribution is -2.52. The van der Waals surface area contributed by atoms with Crippen molar-refractivity contribution in [1.82, 2.24) is 9.21 Å². The summed E-state index contributed by atoms with van der Waals surface area (Å²) in [6.07, 6.45) is -1.60. The summed E-state index contributed by atoms with van der Waals surface area (Å²) >= 11 is 0. The first-order chi connectivity index (χ1) is 12.8. The minimum absolute atomic E-state index is 0.0298. The summed E-state index contributed by atoms with van der Waals surface area (Å²) in [7, 11) is -3.86. The number of carboxylic acid groups (broad SMARTS) is 1. The molecular formula is C17H22N2O7S. The molecule has 0 aliphatic carbocycles. The SMILES string of the molecule is C[C@@H]1CN(C(=O)c2ccccc2S(=O)(=O)N2CCOCC2)CC(C(=O)O)O1. The lowest BCUT2D eigenvalue weighted by atomic mass is 10.1. The number of nitrogens with zero attached hydrogens (tertiary/aromatic N) is 2. The van der Waals surface area contributed by atoms with Crippen molar-refractivity contribution in [2.45, 2.75) is 24.0 Å². The average Bonchev–Trinajstić information content (AvgIpc) is 2.67. The summed E-state index contributed by atoms with van der Waals surface area (Å²) in [5, 5.41) is 9.20. The molecular weight excluding hydrogens is 376 g/mol. The number of carbonyl (C=O) groups excluding carboxylic acids is 1. The molecule has 3 rings (SSSR count). The van der Waals surface area contributed by atoms with Gasteiger partial charge < -0.3 is 19.5 Å². The highest BCUT2D eigenvalue weighted by Gasteiger charge is 2.36. The summed E-state index contributed by atoms with van der Waals surface area (Å²) in [6, 6.07) is 6.00. The van der Waals surface area contributed by atoms with E-state index in [2.05, 4.69) is 0 Å². The quantitative estimate of drug-likeness (QED) is 0.761. The molecule has 1 unspecified atom stereocenters. The number of amides is 1. The van der Waals surface area contributed by atoms with Gasteiger partial charge in [0.05, 0.1) is 36.3 Å². The van der Waals surface area contributed by atoms with Crippen LogP contribution in [0.15, 0.2) is 29.2 Å². The van der Waals surface area contributed by atoms with E-state index in [0.29, 0.717) is 13.2 Å². The summed E-state index contributed by atoms with van der Waals surface area (Å²) in [5.74, 6) is -1.68. The number of morpholine rings is 2. The first-order valence-corrected chi connectivity index (χ1v) is 10.1. The largest absolute Gasteiger partial charge is 0.479 e. The van der Waals surface area contributed by atoms with Gasteiger partial charge in [-0.1, -0.05) is 12.1 Å². The predicted molar refractivity (Wildman–Crippen MR) is 93.9 cm³/mol. The van der Waals surface area contributed by atoms with Crippen LogP contribution in [0.25, 0.3) is 0 Å². The lowest BCUT2D eigenvalue weighted by molar-refractivity contribution is -0.160. The predicted octanol–water partition coefficient (Wildman–Crippen LogP) is 0.0216. The Kier molecular flexibility index (Phi) is 5.80. The van der Waals surface area contributed by atoms with E-state index in [4.69, 9.17) is 9.47 Å². The maximum absolute atomic E-state index is 13.0. The lowest BCUT2D eigenvalue weighted by Gasteiger charge is -2.35. The van der Waals surface area contributed by atoms with Crippen LogP contribution in [0.3, 0.4) is 0 Å². The fourth-order valence-electron chi connectivity index (χ4n) is 3.22. The second kappa shape index (κ2) is 7.93. The number of ether oxygens (including phenoxy) is 2. The van der Waals surface area contributed by atoms with Gasteiger partial charge in [0.1, 0.15) is 0 Å². The number of hydrogen-bond donors (Lipinski definition) is 1. The standard InChI is InChI=1S/C17H22N2O7S/c1-12-10-18(11-14(26-12)17(21)22)16(20)13-4-2-3-5-15(13)27(23,24)19-6-8-25-9-7-19/h2-5,12,14H,6-11H2,1H3,(H,21,22)/t12-,14?/m1/s1. The zero-order chi connectivity index (χ0) is 19.6. The highest BCUT2D eigenvalue weighted by atomic mass is 32.2. The van der Waals surface area contributed by atoms with Crippen molar-refractivity contribution < 1.29 is 32.6 Å². The monoisotopic (exact) mass is 398 g/mol. The third kappa shape index (κ3) is 4.13. The Balaban J connectivity index is 1.91. The maximum atomic E-state index is 13.0. The smallest absolute Gasteiger partial charge is 0.334 e. The van der Waals surface area contributed by atoms with E-state index in [0.717, 1.165) is 0 Å². The van der Waals surface area contributed by atoms with E-state index in [1.54, 1.807) is 19.1 Å². The fourth-order valence-corrected chi connectivity index (χ4v) is 4.81. The van der Waals surface area contributed by atoms with Gasteiger partial charge in [0.25, 0.3) is 5.91 Å². The van der Waals surface area contributed by atoms with Crippen LogP contribution in [-0.2, 0) is 24.3 Å². The normalized spacial score (nSPS) is 24.6. The molecule has 10 heteroatoms. The van der Waals surface area contributed by atoms with Gasteiger partial charge in [0.2, 0.25) is 10.0 Å². The summed E-state index contributed by atoms with van der Waals surface area (Å²) < 4.78 is 37.8. The molecule has 0 bridgehead atoms. The van der Waals surface area contributed by atoms with Gasteiger partial charge >= 0.3 is 5.97 Å². The number of hydrogen-bond acceptors (Lipinski definition) is 6. The Morgan fingerprint density at radius 2 is 1.81 bits per heavy atom. The van der Waals surface area contributed by atoms with Gasteiger partial charge in [0.15, 0.2) is 6.10 Å². The molecule has 9 nitrogen and oxygen atoms in total. The molecule has 0 spiro atoms. The maximum Gasteiger partial charge on any atom is 0.334 e. The van der Waals surface area contributed by atoms with E-state index >= 15 is 0 Å². The number of sulfonamides is 1. The first kappa shape index (κ1) is 19.7. The van der Waals surface area contributed by atoms with Gasteiger partial charge in [-0.3, -0.25) is 4.79 Å². The van der Waals surface area contributed by atoms with Crippen LogP contribution in [0, 0.1) is 0 Å². The van der Waals surface area contributed by atoms with Gasteiger partial charge in [-0.15, -0.1) is 0 Å². The molecule has 1 N–H and O–H groups in total.